The summed E-state index contributed by atoms with van der Waals surface area (Å²) in [6, 6.07) is 9.06. The van der Waals surface area contributed by atoms with Gasteiger partial charge in [0.1, 0.15) is 11.4 Å². The number of aromatic nitrogens is 2. The third kappa shape index (κ3) is 2.20. The molecule has 0 unspecified atom stereocenters. The summed E-state index contributed by atoms with van der Waals surface area (Å²) in [6.07, 6.45) is 0. The lowest BCUT2D eigenvalue weighted by Gasteiger charge is -2.08. The van der Waals surface area contributed by atoms with Crippen LogP contribution in [0.2, 0.25) is 0 Å². The van der Waals surface area contributed by atoms with Crippen LogP contribution in [0.1, 0.15) is 6.92 Å². The summed E-state index contributed by atoms with van der Waals surface area (Å²) in [4.78, 5) is 11.7. The van der Waals surface area contributed by atoms with Crippen LogP contribution in [0.25, 0.3) is 11.3 Å². The average molecular weight is 245 g/mol. The third-order valence-corrected chi connectivity index (χ3v) is 2.67. The number of hydrogen-bond acceptors (Lipinski definition) is 4. The molecule has 2 N–H and O–H groups in total. The van der Waals surface area contributed by atoms with Gasteiger partial charge in [-0.3, -0.25) is 4.79 Å². The van der Waals surface area contributed by atoms with Crippen molar-refractivity contribution in [2.45, 2.75) is 13.5 Å². The topological polar surface area (TPSA) is 70.1 Å². The summed E-state index contributed by atoms with van der Waals surface area (Å²) < 4.78 is 6.51. The Bertz CT molecular complexity index is 620. The molecule has 18 heavy (non-hydrogen) atoms. The van der Waals surface area contributed by atoms with Crippen molar-refractivity contribution in [3.05, 3.63) is 40.7 Å². The molecule has 5 heteroatoms. The van der Waals surface area contributed by atoms with E-state index in [1.165, 1.54) is 4.68 Å². The van der Waals surface area contributed by atoms with E-state index in [0.29, 0.717) is 12.2 Å². The Kier molecular flexibility index (Phi) is 3.32. The van der Waals surface area contributed by atoms with Gasteiger partial charge in [0.15, 0.2) is 0 Å². The van der Waals surface area contributed by atoms with Gasteiger partial charge in [0.25, 0.3) is 5.56 Å². The monoisotopic (exact) mass is 245 g/mol. The minimum absolute atomic E-state index is 0.199. The fourth-order valence-corrected chi connectivity index (χ4v) is 1.70. The van der Waals surface area contributed by atoms with Gasteiger partial charge in [-0.05, 0) is 25.1 Å². The molecule has 0 aliphatic carbocycles. The molecule has 0 aliphatic heterocycles. The van der Waals surface area contributed by atoms with Gasteiger partial charge in [-0.25, -0.2) is 4.68 Å². The largest absolute Gasteiger partial charge is 0.497 e. The number of nitrogens with two attached hydrogens (primary N) is 1. The second-order valence-electron chi connectivity index (χ2n) is 3.84. The molecule has 0 fully saturated rings. The molecule has 2 rings (SSSR count). The van der Waals surface area contributed by atoms with Crippen LogP contribution in [0.15, 0.2) is 35.1 Å². The van der Waals surface area contributed by atoms with Crippen molar-refractivity contribution in [3.8, 4) is 17.0 Å². The second kappa shape index (κ2) is 4.91. The number of nitrogens with zero attached hydrogens (tertiary/aromatic N) is 2. The van der Waals surface area contributed by atoms with Gasteiger partial charge >= 0.3 is 0 Å². The van der Waals surface area contributed by atoms with Gasteiger partial charge in [0.05, 0.1) is 12.8 Å². The molecular weight excluding hydrogens is 230 g/mol. The van der Waals surface area contributed by atoms with E-state index in [1.807, 2.05) is 31.2 Å². The Labute approximate surface area is 105 Å². The molecule has 0 atom stereocenters. The maximum atomic E-state index is 11.7. The highest BCUT2D eigenvalue weighted by molar-refractivity contribution is 5.63. The van der Waals surface area contributed by atoms with Gasteiger partial charge in [-0.15, -0.1) is 0 Å². The van der Waals surface area contributed by atoms with Crippen LogP contribution in [0.4, 0.5) is 5.69 Å². The van der Waals surface area contributed by atoms with Gasteiger partial charge in [0.2, 0.25) is 0 Å². The van der Waals surface area contributed by atoms with Crippen LogP contribution in [0, 0.1) is 0 Å². The molecule has 0 spiro atoms. The number of ether oxygens (including phenoxy) is 1. The van der Waals surface area contributed by atoms with E-state index in [1.54, 1.807) is 13.2 Å². The van der Waals surface area contributed by atoms with Gasteiger partial charge in [-0.1, -0.05) is 12.1 Å². The van der Waals surface area contributed by atoms with Crippen LogP contribution in [0.5, 0.6) is 5.75 Å². The Balaban J connectivity index is 2.56. The quantitative estimate of drug-likeness (QED) is 0.890. The highest BCUT2D eigenvalue weighted by atomic mass is 16.5. The maximum absolute atomic E-state index is 11.7. The number of methoxy groups -OCH3 is 1. The van der Waals surface area contributed by atoms with Crippen LogP contribution >= 0.6 is 0 Å². The van der Waals surface area contributed by atoms with E-state index in [9.17, 15) is 4.79 Å². The van der Waals surface area contributed by atoms with Crippen molar-refractivity contribution >= 4 is 5.69 Å². The standard InChI is InChI=1S/C13H15N3O2/c1-3-16-13(17)11(14)8-12(15-16)9-5-4-6-10(7-9)18-2/h4-8H,3,14H2,1-2H3. The Morgan fingerprint density at radius 2 is 2.17 bits per heavy atom. The number of benzene rings is 1. The first-order valence-electron chi connectivity index (χ1n) is 5.67. The maximum Gasteiger partial charge on any atom is 0.289 e. The lowest BCUT2D eigenvalue weighted by atomic mass is 10.1. The Morgan fingerprint density at radius 1 is 1.39 bits per heavy atom. The van der Waals surface area contributed by atoms with E-state index >= 15 is 0 Å². The zero-order chi connectivity index (χ0) is 13.1. The zero-order valence-electron chi connectivity index (χ0n) is 10.4. The number of hydrogen-bond donors (Lipinski definition) is 1. The molecule has 0 aliphatic rings. The fraction of sp³-hybridized carbons (Fsp3) is 0.231. The average Bonchev–Trinajstić information content (AvgIpc) is 2.41. The van der Waals surface area contributed by atoms with Crippen LogP contribution in [-0.2, 0) is 6.54 Å². The SMILES string of the molecule is CCn1nc(-c2cccc(OC)c2)cc(N)c1=O. The first kappa shape index (κ1) is 12.2. The summed E-state index contributed by atoms with van der Waals surface area (Å²) >= 11 is 0. The van der Waals surface area contributed by atoms with Crippen molar-refractivity contribution in [2.24, 2.45) is 0 Å². The van der Waals surface area contributed by atoms with E-state index < -0.39 is 0 Å². The number of rotatable bonds is 3. The third-order valence-electron chi connectivity index (χ3n) is 2.67. The first-order valence-corrected chi connectivity index (χ1v) is 5.67. The molecule has 1 heterocycles. The van der Waals surface area contributed by atoms with Crippen molar-refractivity contribution in [2.75, 3.05) is 12.8 Å². The predicted molar refractivity (Wildman–Crippen MR) is 70.6 cm³/mol. The predicted octanol–water partition coefficient (Wildman–Crippen LogP) is 1.52. The van der Waals surface area contributed by atoms with E-state index in [4.69, 9.17) is 10.5 Å². The minimum atomic E-state index is -0.260. The van der Waals surface area contributed by atoms with Crippen molar-refractivity contribution in [3.63, 3.8) is 0 Å². The summed E-state index contributed by atoms with van der Waals surface area (Å²) in [5.74, 6) is 0.738. The molecule has 0 amide bonds. The highest BCUT2D eigenvalue weighted by Gasteiger charge is 2.07. The molecule has 94 valence electrons. The fourth-order valence-electron chi connectivity index (χ4n) is 1.70. The van der Waals surface area contributed by atoms with Crippen LogP contribution in [0.3, 0.4) is 0 Å². The number of nitrogen functional groups attached to an aromatic ring is 1. The first-order chi connectivity index (χ1) is 8.65. The lowest BCUT2D eigenvalue weighted by Crippen LogP contribution is -2.24. The molecule has 0 radical (unpaired) electrons. The van der Waals surface area contributed by atoms with Crippen molar-refractivity contribution < 1.29 is 4.74 Å². The molecule has 0 bridgehead atoms. The van der Waals surface area contributed by atoms with Gasteiger partial charge in [-0.2, -0.15) is 5.10 Å². The molecule has 0 saturated carbocycles. The molecule has 1 aromatic heterocycles. The highest BCUT2D eigenvalue weighted by Crippen LogP contribution is 2.22. The summed E-state index contributed by atoms with van der Waals surface area (Å²) in [6.45, 7) is 2.34. The Morgan fingerprint density at radius 3 is 2.83 bits per heavy atom. The molecule has 1 aromatic carbocycles. The van der Waals surface area contributed by atoms with Crippen molar-refractivity contribution in [1.29, 1.82) is 0 Å². The summed E-state index contributed by atoms with van der Waals surface area (Å²) in [5, 5.41) is 4.27. The molecule has 2 aromatic rings. The summed E-state index contributed by atoms with van der Waals surface area (Å²) in [7, 11) is 1.61. The summed E-state index contributed by atoms with van der Waals surface area (Å²) in [5.41, 5.74) is 7.16. The normalized spacial score (nSPS) is 10.3. The van der Waals surface area contributed by atoms with Crippen LogP contribution < -0.4 is 16.0 Å². The van der Waals surface area contributed by atoms with E-state index in [2.05, 4.69) is 5.10 Å². The lowest BCUT2D eigenvalue weighted by molar-refractivity contribution is 0.415. The molecular formula is C13H15N3O2. The van der Waals surface area contributed by atoms with Crippen molar-refractivity contribution in [1.82, 2.24) is 9.78 Å². The zero-order valence-corrected chi connectivity index (χ0v) is 10.4. The number of aryl methyl sites for hydroxylation is 1. The van der Waals surface area contributed by atoms with Crippen LogP contribution in [-0.4, -0.2) is 16.9 Å². The van der Waals surface area contributed by atoms with Gasteiger partial charge in [0, 0.05) is 12.1 Å². The second-order valence-corrected chi connectivity index (χ2v) is 3.84. The number of anilines is 1. The van der Waals surface area contributed by atoms with E-state index in [-0.39, 0.29) is 11.2 Å². The molecule has 5 nitrogen and oxygen atoms in total. The smallest absolute Gasteiger partial charge is 0.289 e. The van der Waals surface area contributed by atoms with Gasteiger partial charge < -0.3 is 10.5 Å². The molecule has 0 saturated heterocycles. The van der Waals surface area contributed by atoms with E-state index in [0.717, 1.165) is 11.3 Å². The Hall–Kier alpha value is -2.30. The minimum Gasteiger partial charge on any atom is -0.497 e.